The lowest BCUT2D eigenvalue weighted by atomic mass is 9.93. The number of aliphatic hydroxyl groups is 1. The number of hydrogen-bond donors (Lipinski definition) is 1. The smallest absolute Gasteiger partial charge is 0.226 e. The second-order valence-corrected chi connectivity index (χ2v) is 6.39. The molecule has 0 saturated carbocycles. The maximum absolute atomic E-state index is 10.1. The van der Waals surface area contributed by atoms with Gasteiger partial charge in [-0.25, -0.2) is 0 Å². The predicted molar refractivity (Wildman–Crippen MR) is 64.2 cm³/mol. The fourth-order valence-electron chi connectivity index (χ4n) is 3.17. The second kappa shape index (κ2) is 3.90. The fraction of sp³-hybridized carbons (Fsp3) is 1.00. The molecule has 0 aliphatic carbocycles. The molecule has 5 atom stereocenters. The summed E-state index contributed by atoms with van der Waals surface area (Å²) in [5.74, 6) is -2.69. The average Bonchev–Trinajstić information content (AvgIpc) is 2.70. The molecule has 0 aromatic rings. The summed E-state index contributed by atoms with van der Waals surface area (Å²) in [6.45, 7) is 9.27. The van der Waals surface area contributed by atoms with Gasteiger partial charge in [0, 0.05) is 0 Å². The van der Waals surface area contributed by atoms with Crippen molar-refractivity contribution in [2.45, 2.75) is 76.4 Å². The maximum atomic E-state index is 10.1. The number of ether oxygens (including phenoxy) is 5. The van der Waals surface area contributed by atoms with E-state index in [-0.39, 0.29) is 12.2 Å². The Balaban J connectivity index is 1.94. The van der Waals surface area contributed by atoms with E-state index in [4.69, 9.17) is 23.7 Å². The highest BCUT2D eigenvalue weighted by Gasteiger charge is 2.67. The van der Waals surface area contributed by atoms with Crippen molar-refractivity contribution in [1.82, 2.24) is 0 Å². The van der Waals surface area contributed by atoms with Crippen LogP contribution in [0.3, 0.4) is 0 Å². The van der Waals surface area contributed by atoms with E-state index in [1.165, 1.54) is 0 Å². The highest BCUT2D eigenvalue weighted by molar-refractivity contribution is 5.05. The van der Waals surface area contributed by atoms with Gasteiger partial charge in [-0.2, -0.15) is 0 Å². The van der Waals surface area contributed by atoms with Crippen molar-refractivity contribution >= 4 is 0 Å². The molecule has 0 unspecified atom stereocenters. The van der Waals surface area contributed by atoms with Crippen molar-refractivity contribution in [1.29, 1.82) is 0 Å². The molecular formula is C13H22O6. The molecule has 110 valence electrons. The molecule has 0 amide bonds. The molecule has 6 nitrogen and oxygen atoms in total. The maximum Gasteiger partial charge on any atom is 0.226 e. The van der Waals surface area contributed by atoms with E-state index in [1.54, 1.807) is 20.8 Å². The van der Waals surface area contributed by atoms with Crippen LogP contribution < -0.4 is 0 Å². The quantitative estimate of drug-likeness (QED) is 0.761. The molecule has 1 N–H and O–H groups in total. The van der Waals surface area contributed by atoms with Crippen LogP contribution in [0.15, 0.2) is 0 Å². The Morgan fingerprint density at radius 1 is 1.05 bits per heavy atom. The minimum atomic E-state index is -1.19. The van der Waals surface area contributed by atoms with Crippen LogP contribution in [0.4, 0.5) is 0 Å². The van der Waals surface area contributed by atoms with Crippen molar-refractivity contribution in [3.05, 3.63) is 0 Å². The first-order chi connectivity index (χ1) is 8.65. The first-order valence-corrected chi connectivity index (χ1v) is 6.71. The van der Waals surface area contributed by atoms with Gasteiger partial charge in [-0.1, -0.05) is 0 Å². The van der Waals surface area contributed by atoms with Crippen molar-refractivity contribution in [2.24, 2.45) is 0 Å². The zero-order valence-electron chi connectivity index (χ0n) is 12.0. The monoisotopic (exact) mass is 274 g/mol. The van der Waals surface area contributed by atoms with Gasteiger partial charge >= 0.3 is 0 Å². The van der Waals surface area contributed by atoms with Crippen LogP contribution in [0.25, 0.3) is 0 Å². The van der Waals surface area contributed by atoms with E-state index in [0.717, 1.165) is 0 Å². The van der Waals surface area contributed by atoms with Crippen LogP contribution in [-0.2, 0) is 23.7 Å². The van der Waals surface area contributed by atoms with E-state index in [2.05, 4.69) is 0 Å². The summed E-state index contributed by atoms with van der Waals surface area (Å²) >= 11 is 0. The normalized spacial score (nSPS) is 48.6. The first kappa shape index (κ1) is 13.7. The van der Waals surface area contributed by atoms with E-state index >= 15 is 0 Å². The highest BCUT2D eigenvalue weighted by atomic mass is 16.9. The summed E-state index contributed by atoms with van der Waals surface area (Å²) in [6.07, 6.45) is -1.85. The topological polar surface area (TPSA) is 66.4 Å². The van der Waals surface area contributed by atoms with Crippen LogP contribution in [0.2, 0.25) is 0 Å². The minimum Gasteiger partial charge on any atom is -0.388 e. The molecule has 6 heteroatoms. The van der Waals surface area contributed by atoms with Crippen LogP contribution >= 0.6 is 0 Å². The van der Waals surface area contributed by atoms with Crippen LogP contribution in [0, 0.1) is 0 Å². The van der Waals surface area contributed by atoms with Crippen LogP contribution in [0.1, 0.15) is 34.6 Å². The predicted octanol–water partition coefficient (Wildman–Crippen LogP) is 0.765. The molecule has 0 spiro atoms. The third kappa shape index (κ3) is 2.02. The van der Waals surface area contributed by atoms with Gasteiger partial charge in [0.15, 0.2) is 11.6 Å². The number of rotatable bonds is 1. The average molecular weight is 274 g/mol. The molecule has 3 saturated heterocycles. The molecular weight excluding hydrogens is 252 g/mol. The Labute approximate surface area is 112 Å². The van der Waals surface area contributed by atoms with Crippen LogP contribution in [0.5, 0.6) is 0 Å². The second-order valence-electron chi connectivity index (χ2n) is 6.39. The molecule has 0 radical (unpaired) electrons. The summed E-state index contributed by atoms with van der Waals surface area (Å²) in [5.41, 5.74) is 0. The van der Waals surface area contributed by atoms with E-state index in [1.807, 2.05) is 13.8 Å². The molecule has 19 heavy (non-hydrogen) atoms. The standard InChI is InChI=1S/C13H22O6/c1-7(14)13-10(18-12(4,5)19-13)9-8(6-15-13)16-11(2,3)17-9/h7-10,14H,6H2,1-5H3/t7-,8-,9-,10+,13+/m1/s1. The largest absolute Gasteiger partial charge is 0.388 e. The van der Waals surface area contributed by atoms with Gasteiger partial charge in [-0.15, -0.1) is 0 Å². The highest BCUT2D eigenvalue weighted by Crippen LogP contribution is 2.48. The Kier molecular flexibility index (Phi) is 2.82. The molecule has 3 rings (SSSR count). The summed E-state index contributed by atoms with van der Waals surface area (Å²) < 4.78 is 29.3. The molecule has 3 fully saturated rings. The molecule has 0 bridgehead atoms. The van der Waals surface area contributed by atoms with Gasteiger partial charge in [0.25, 0.3) is 0 Å². The SMILES string of the molecule is C[C@@H](O)[C@@]12OC[C@H]3OC(C)(C)O[C@H]3[C@@H]1OC(C)(C)O2. The van der Waals surface area contributed by atoms with Gasteiger partial charge in [0.05, 0.1) is 6.61 Å². The van der Waals surface area contributed by atoms with E-state index in [9.17, 15) is 5.11 Å². The Morgan fingerprint density at radius 3 is 2.37 bits per heavy atom. The lowest BCUT2D eigenvalue weighted by Gasteiger charge is -2.42. The van der Waals surface area contributed by atoms with Crippen LogP contribution in [-0.4, -0.2) is 53.5 Å². The Hall–Kier alpha value is -0.240. The van der Waals surface area contributed by atoms with Gasteiger partial charge in [0.1, 0.15) is 24.4 Å². The summed E-state index contributed by atoms with van der Waals surface area (Å²) in [7, 11) is 0. The van der Waals surface area contributed by atoms with E-state index in [0.29, 0.717) is 6.61 Å². The number of hydrogen-bond acceptors (Lipinski definition) is 6. The van der Waals surface area contributed by atoms with Crippen molar-refractivity contribution in [3.63, 3.8) is 0 Å². The van der Waals surface area contributed by atoms with Crippen molar-refractivity contribution in [3.8, 4) is 0 Å². The van der Waals surface area contributed by atoms with E-state index < -0.39 is 29.6 Å². The zero-order chi connectivity index (χ0) is 14.1. The fourth-order valence-corrected chi connectivity index (χ4v) is 3.17. The molecule has 0 aromatic heterocycles. The van der Waals surface area contributed by atoms with Gasteiger partial charge in [-0.3, -0.25) is 0 Å². The number of fused-ring (bicyclic) bond motifs is 3. The Morgan fingerprint density at radius 2 is 1.74 bits per heavy atom. The van der Waals surface area contributed by atoms with Crippen molar-refractivity contribution in [2.75, 3.05) is 6.61 Å². The lowest BCUT2D eigenvalue weighted by Crippen LogP contribution is -2.63. The third-order valence-electron chi connectivity index (χ3n) is 3.79. The van der Waals surface area contributed by atoms with Gasteiger partial charge in [0.2, 0.25) is 5.79 Å². The summed E-state index contributed by atoms with van der Waals surface area (Å²) in [4.78, 5) is 0. The molecule has 3 aliphatic heterocycles. The van der Waals surface area contributed by atoms with Gasteiger partial charge < -0.3 is 28.8 Å². The summed E-state index contributed by atoms with van der Waals surface area (Å²) in [6, 6.07) is 0. The number of aliphatic hydroxyl groups excluding tert-OH is 1. The molecule has 3 heterocycles. The first-order valence-electron chi connectivity index (χ1n) is 6.71. The summed E-state index contributed by atoms with van der Waals surface area (Å²) in [5, 5.41) is 10.1. The molecule has 3 aliphatic rings. The third-order valence-corrected chi connectivity index (χ3v) is 3.79. The minimum absolute atomic E-state index is 0.204. The zero-order valence-corrected chi connectivity index (χ0v) is 12.0. The Bertz CT molecular complexity index is 379. The van der Waals surface area contributed by atoms with Gasteiger partial charge in [-0.05, 0) is 34.6 Å². The lowest BCUT2D eigenvalue weighted by molar-refractivity contribution is -0.314. The molecule has 0 aromatic carbocycles. The van der Waals surface area contributed by atoms with Crippen molar-refractivity contribution < 1.29 is 28.8 Å².